The summed E-state index contributed by atoms with van der Waals surface area (Å²) in [7, 11) is 2.01. The topological polar surface area (TPSA) is 16.8 Å². The summed E-state index contributed by atoms with van der Waals surface area (Å²) in [5.74, 6) is 0. The number of halogens is 3. The van der Waals surface area contributed by atoms with E-state index in [1.54, 1.807) is 11.3 Å². The van der Waals surface area contributed by atoms with Gasteiger partial charge in [0.2, 0.25) is 0 Å². The zero-order valence-corrected chi connectivity index (χ0v) is 16.0. The fourth-order valence-corrected chi connectivity index (χ4v) is 3.88. The standard InChI is InChI=1S/C13H9Br2N2S.HI/c1-17-6-8(4-10(15)7-17)13-16-11-3-2-9(14)5-12(11)18-13;/h2-7H,1H3;1H/q+1;/p-1. The van der Waals surface area contributed by atoms with Crippen LogP contribution in [0.1, 0.15) is 0 Å². The molecular formula is C13H9Br2IN2S. The van der Waals surface area contributed by atoms with Gasteiger partial charge >= 0.3 is 0 Å². The lowest BCUT2D eigenvalue weighted by molar-refractivity contribution is -0.671. The molecule has 0 saturated carbocycles. The number of nitrogens with zero attached hydrogens (tertiary/aromatic N) is 2. The predicted octanol–water partition coefficient (Wildman–Crippen LogP) is 1.32. The third-order valence-corrected chi connectivity index (χ3v) is 4.55. The molecule has 2 nitrogen and oxygen atoms in total. The van der Waals surface area contributed by atoms with E-state index in [9.17, 15) is 0 Å². The smallest absolute Gasteiger partial charge is 0.182 e. The van der Waals surface area contributed by atoms with Crippen LogP contribution in [0.25, 0.3) is 20.8 Å². The number of fused-ring (bicyclic) bond motifs is 1. The minimum absolute atomic E-state index is 0. The summed E-state index contributed by atoms with van der Waals surface area (Å²) in [5.41, 5.74) is 2.17. The fourth-order valence-electron chi connectivity index (χ4n) is 1.81. The highest BCUT2D eigenvalue weighted by molar-refractivity contribution is 9.10. The van der Waals surface area contributed by atoms with Gasteiger partial charge in [0.25, 0.3) is 0 Å². The molecule has 0 aliphatic rings. The van der Waals surface area contributed by atoms with Gasteiger partial charge in [-0.3, -0.25) is 0 Å². The molecule has 0 aliphatic heterocycles. The average molecular weight is 512 g/mol. The van der Waals surface area contributed by atoms with Crippen LogP contribution in [0.2, 0.25) is 0 Å². The van der Waals surface area contributed by atoms with Crippen molar-refractivity contribution < 1.29 is 28.5 Å². The maximum Gasteiger partial charge on any atom is 0.182 e. The van der Waals surface area contributed by atoms with E-state index in [0.29, 0.717) is 0 Å². The lowest BCUT2D eigenvalue weighted by Crippen LogP contribution is -3.00. The van der Waals surface area contributed by atoms with E-state index in [-0.39, 0.29) is 24.0 Å². The lowest BCUT2D eigenvalue weighted by Gasteiger charge is -1.95. The normalized spacial score (nSPS) is 10.5. The molecule has 19 heavy (non-hydrogen) atoms. The number of aromatic nitrogens is 2. The second-order valence-corrected chi connectivity index (χ2v) is 6.90. The van der Waals surface area contributed by atoms with Gasteiger partial charge < -0.3 is 24.0 Å². The molecule has 0 aliphatic carbocycles. The van der Waals surface area contributed by atoms with Gasteiger partial charge in [0.15, 0.2) is 12.4 Å². The highest BCUT2D eigenvalue weighted by atomic mass is 127. The van der Waals surface area contributed by atoms with Crippen LogP contribution in [0, 0.1) is 0 Å². The van der Waals surface area contributed by atoms with Crippen molar-refractivity contribution in [3.8, 4) is 10.6 Å². The van der Waals surface area contributed by atoms with Gasteiger partial charge in [-0.2, -0.15) is 0 Å². The van der Waals surface area contributed by atoms with Crippen LogP contribution in [0.4, 0.5) is 0 Å². The molecule has 3 rings (SSSR count). The molecule has 0 unspecified atom stereocenters. The van der Waals surface area contributed by atoms with Crippen molar-refractivity contribution >= 4 is 53.4 Å². The first-order valence-corrected chi connectivity index (χ1v) is 7.74. The molecule has 0 spiro atoms. The maximum absolute atomic E-state index is 4.67. The van der Waals surface area contributed by atoms with E-state index in [4.69, 9.17) is 0 Å². The third kappa shape index (κ3) is 3.34. The molecule has 0 N–H and O–H groups in total. The monoisotopic (exact) mass is 510 g/mol. The van der Waals surface area contributed by atoms with Crippen molar-refractivity contribution in [2.24, 2.45) is 7.05 Å². The number of aryl methyl sites for hydroxylation is 1. The first-order chi connectivity index (χ1) is 8.61. The van der Waals surface area contributed by atoms with E-state index >= 15 is 0 Å². The Balaban J connectivity index is 0.00000133. The van der Waals surface area contributed by atoms with E-state index in [1.807, 2.05) is 29.9 Å². The molecule has 98 valence electrons. The molecule has 2 heterocycles. The van der Waals surface area contributed by atoms with Crippen molar-refractivity contribution in [2.45, 2.75) is 0 Å². The molecule has 2 aromatic heterocycles. The first-order valence-electron chi connectivity index (χ1n) is 5.34. The van der Waals surface area contributed by atoms with Crippen molar-refractivity contribution in [1.29, 1.82) is 0 Å². The van der Waals surface area contributed by atoms with Crippen LogP contribution in [-0.2, 0) is 7.05 Å². The molecule has 0 amide bonds. The number of thiazole rings is 1. The van der Waals surface area contributed by atoms with Crippen molar-refractivity contribution in [3.05, 3.63) is 45.6 Å². The average Bonchev–Trinajstić information content (AvgIpc) is 2.70. The summed E-state index contributed by atoms with van der Waals surface area (Å²) in [6.45, 7) is 0. The molecule has 0 radical (unpaired) electrons. The maximum atomic E-state index is 4.67. The van der Waals surface area contributed by atoms with Crippen molar-refractivity contribution in [1.82, 2.24) is 4.98 Å². The largest absolute Gasteiger partial charge is 1.00 e. The molecule has 0 atom stereocenters. The number of hydrogen-bond donors (Lipinski definition) is 0. The van der Waals surface area contributed by atoms with E-state index in [0.717, 1.165) is 25.0 Å². The molecule has 3 aromatic rings. The van der Waals surface area contributed by atoms with Gasteiger partial charge in [-0.05, 0) is 40.2 Å². The van der Waals surface area contributed by atoms with Crippen molar-refractivity contribution in [2.75, 3.05) is 0 Å². The van der Waals surface area contributed by atoms with E-state index in [1.165, 1.54) is 4.70 Å². The molecule has 0 bridgehead atoms. The summed E-state index contributed by atoms with van der Waals surface area (Å²) in [4.78, 5) is 4.67. The summed E-state index contributed by atoms with van der Waals surface area (Å²) >= 11 is 8.71. The van der Waals surface area contributed by atoms with Gasteiger partial charge in [-0.25, -0.2) is 9.55 Å². The summed E-state index contributed by atoms with van der Waals surface area (Å²) in [5, 5.41) is 1.04. The molecular weight excluding hydrogens is 503 g/mol. The van der Waals surface area contributed by atoms with Crippen LogP contribution >= 0.6 is 43.2 Å². The number of benzene rings is 1. The fraction of sp³-hybridized carbons (Fsp3) is 0.0769. The number of hydrogen-bond acceptors (Lipinski definition) is 2. The second kappa shape index (κ2) is 6.15. The van der Waals surface area contributed by atoms with Gasteiger partial charge in [0.05, 0.1) is 20.3 Å². The Kier molecular flexibility index (Phi) is 4.97. The minimum atomic E-state index is 0. The summed E-state index contributed by atoms with van der Waals surface area (Å²) in [6.07, 6.45) is 4.10. The van der Waals surface area contributed by atoms with Crippen LogP contribution in [0.15, 0.2) is 45.6 Å². The SMILES string of the molecule is C[n+]1cc(Br)cc(-c2nc3ccc(Br)cc3s2)c1.[I-]. The van der Waals surface area contributed by atoms with Gasteiger partial charge in [-0.15, -0.1) is 11.3 Å². The van der Waals surface area contributed by atoms with E-state index in [2.05, 4.69) is 55.2 Å². The quantitative estimate of drug-likeness (QED) is 0.356. The molecule has 6 heteroatoms. The second-order valence-electron chi connectivity index (χ2n) is 4.04. The Labute approximate surface area is 149 Å². The Hall–Kier alpha value is -0.0500. The molecule has 1 aromatic carbocycles. The summed E-state index contributed by atoms with van der Waals surface area (Å²) in [6, 6.07) is 8.26. The van der Waals surface area contributed by atoms with Gasteiger partial charge in [0.1, 0.15) is 12.1 Å². The lowest BCUT2D eigenvalue weighted by atomic mass is 10.3. The highest BCUT2D eigenvalue weighted by Crippen LogP contribution is 2.32. The Morgan fingerprint density at radius 1 is 1.11 bits per heavy atom. The van der Waals surface area contributed by atoms with Crippen molar-refractivity contribution in [3.63, 3.8) is 0 Å². The van der Waals surface area contributed by atoms with Gasteiger partial charge in [-0.1, -0.05) is 15.9 Å². The third-order valence-electron chi connectivity index (χ3n) is 2.56. The molecule has 0 saturated heterocycles. The van der Waals surface area contributed by atoms with Crippen LogP contribution < -0.4 is 28.5 Å². The Bertz CT molecular complexity index is 722. The molecule has 0 fully saturated rings. The first kappa shape index (κ1) is 15.3. The Morgan fingerprint density at radius 2 is 1.89 bits per heavy atom. The number of pyridine rings is 1. The summed E-state index contributed by atoms with van der Waals surface area (Å²) < 4.78 is 5.37. The number of rotatable bonds is 1. The zero-order chi connectivity index (χ0) is 12.7. The van der Waals surface area contributed by atoms with Crippen LogP contribution in [-0.4, -0.2) is 4.98 Å². The minimum Gasteiger partial charge on any atom is -1.00 e. The zero-order valence-electron chi connectivity index (χ0n) is 9.90. The van der Waals surface area contributed by atoms with Crippen LogP contribution in [0.3, 0.4) is 0 Å². The van der Waals surface area contributed by atoms with Gasteiger partial charge in [0, 0.05) is 4.47 Å². The van der Waals surface area contributed by atoms with Crippen LogP contribution in [0.5, 0.6) is 0 Å². The highest BCUT2D eigenvalue weighted by Gasteiger charge is 2.10. The van der Waals surface area contributed by atoms with E-state index < -0.39 is 0 Å². The predicted molar refractivity (Wildman–Crippen MR) is 81.6 cm³/mol. The Morgan fingerprint density at radius 3 is 2.63 bits per heavy atom.